The van der Waals surface area contributed by atoms with Crippen molar-refractivity contribution in [1.29, 1.82) is 0 Å². The summed E-state index contributed by atoms with van der Waals surface area (Å²) in [6.07, 6.45) is 3.74. The van der Waals surface area contributed by atoms with Gasteiger partial charge < -0.3 is 10.0 Å². The van der Waals surface area contributed by atoms with Gasteiger partial charge in [-0.05, 0) is 31.1 Å². The van der Waals surface area contributed by atoms with Gasteiger partial charge in [0.15, 0.2) is 0 Å². The number of carbonyl (C=O) groups excluding carboxylic acids is 1. The summed E-state index contributed by atoms with van der Waals surface area (Å²) >= 11 is 0. The second-order valence-corrected chi connectivity index (χ2v) is 4.05. The lowest BCUT2D eigenvalue weighted by Gasteiger charge is -2.27. The quantitative estimate of drug-likeness (QED) is 0.571. The number of carbonyl (C=O) groups is 1. The van der Waals surface area contributed by atoms with E-state index in [9.17, 15) is 9.90 Å². The number of fused-ring (bicyclic) bond motifs is 1. The van der Waals surface area contributed by atoms with Crippen molar-refractivity contribution < 1.29 is 9.90 Å². The Hall–Kier alpha value is -0.570. The highest BCUT2D eigenvalue weighted by molar-refractivity contribution is 5.47. The van der Waals surface area contributed by atoms with E-state index in [2.05, 4.69) is 0 Å². The summed E-state index contributed by atoms with van der Waals surface area (Å²) in [4.78, 5) is 12.3. The summed E-state index contributed by atoms with van der Waals surface area (Å²) in [5, 5.41) is 9.41. The maximum Gasteiger partial charge on any atom is 0.209 e. The van der Waals surface area contributed by atoms with Gasteiger partial charge in [-0.3, -0.25) is 4.79 Å². The first-order valence-corrected chi connectivity index (χ1v) is 4.67. The second-order valence-electron chi connectivity index (χ2n) is 4.05. The first-order chi connectivity index (χ1) is 5.79. The SMILES string of the molecule is O=CN1CC2CCC(O)CC2C1. The number of hydrogen-bond donors (Lipinski definition) is 1. The molecule has 0 spiro atoms. The molecule has 3 heteroatoms. The van der Waals surface area contributed by atoms with Gasteiger partial charge in [0.05, 0.1) is 6.10 Å². The monoisotopic (exact) mass is 169 g/mol. The molecule has 1 saturated carbocycles. The molecule has 1 saturated heterocycles. The van der Waals surface area contributed by atoms with Crippen molar-refractivity contribution >= 4 is 6.41 Å². The number of nitrogens with zero attached hydrogens (tertiary/aromatic N) is 1. The molecule has 1 heterocycles. The summed E-state index contributed by atoms with van der Waals surface area (Å²) in [5.74, 6) is 1.23. The Morgan fingerprint density at radius 2 is 2.00 bits per heavy atom. The van der Waals surface area contributed by atoms with Crippen molar-refractivity contribution in [3.63, 3.8) is 0 Å². The van der Waals surface area contributed by atoms with Crippen LogP contribution in [0.15, 0.2) is 0 Å². The molecule has 0 aromatic rings. The molecule has 0 bridgehead atoms. The normalized spacial score (nSPS) is 41.1. The van der Waals surface area contributed by atoms with Crippen molar-refractivity contribution in [2.45, 2.75) is 25.4 Å². The lowest BCUT2D eigenvalue weighted by Crippen LogP contribution is -2.26. The van der Waals surface area contributed by atoms with Crippen molar-refractivity contribution in [3.05, 3.63) is 0 Å². The van der Waals surface area contributed by atoms with Gasteiger partial charge >= 0.3 is 0 Å². The molecule has 1 aliphatic heterocycles. The average molecular weight is 169 g/mol. The van der Waals surface area contributed by atoms with Crippen LogP contribution in [0, 0.1) is 11.8 Å². The molecule has 3 atom stereocenters. The van der Waals surface area contributed by atoms with E-state index in [0.717, 1.165) is 38.8 Å². The molecule has 1 amide bonds. The van der Waals surface area contributed by atoms with Crippen molar-refractivity contribution in [2.75, 3.05) is 13.1 Å². The third-order valence-electron chi connectivity index (χ3n) is 3.20. The number of likely N-dealkylation sites (tertiary alicyclic amines) is 1. The molecule has 0 radical (unpaired) electrons. The third kappa shape index (κ3) is 1.33. The van der Waals surface area contributed by atoms with E-state index in [4.69, 9.17) is 0 Å². The van der Waals surface area contributed by atoms with Crippen LogP contribution in [0.25, 0.3) is 0 Å². The van der Waals surface area contributed by atoms with E-state index in [0.29, 0.717) is 11.8 Å². The van der Waals surface area contributed by atoms with Crippen LogP contribution < -0.4 is 0 Å². The lowest BCUT2D eigenvalue weighted by molar-refractivity contribution is -0.117. The van der Waals surface area contributed by atoms with E-state index in [1.807, 2.05) is 4.90 Å². The lowest BCUT2D eigenvalue weighted by atomic mass is 9.80. The predicted molar refractivity (Wildman–Crippen MR) is 44.5 cm³/mol. The fourth-order valence-corrected chi connectivity index (χ4v) is 2.53. The molecule has 2 aliphatic rings. The smallest absolute Gasteiger partial charge is 0.209 e. The first kappa shape index (κ1) is 8.05. The zero-order chi connectivity index (χ0) is 8.55. The summed E-state index contributed by atoms with van der Waals surface area (Å²) < 4.78 is 0. The predicted octanol–water partition coefficient (Wildman–Crippen LogP) is 0.236. The molecule has 68 valence electrons. The van der Waals surface area contributed by atoms with E-state index >= 15 is 0 Å². The Morgan fingerprint density at radius 3 is 2.75 bits per heavy atom. The van der Waals surface area contributed by atoms with Crippen LogP contribution in [-0.4, -0.2) is 35.6 Å². The summed E-state index contributed by atoms with van der Waals surface area (Å²) in [6.45, 7) is 1.78. The molecule has 2 rings (SSSR count). The van der Waals surface area contributed by atoms with Crippen molar-refractivity contribution in [3.8, 4) is 0 Å². The highest BCUT2D eigenvalue weighted by Gasteiger charge is 2.36. The van der Waals surface area contributed by atoms with Gasteiger partial charge in [0.25, 0.3) is 0 Å². The zero-order valence-electron chi connectivity index (χ0n) is 7.15. The number of rotatable bonds is 1. The van der Waals surface area contributed by atoms with Gasteiger partial charge in [-0.25, -0.2) is 0 Å². The summed E-state index contributed by atoms with van der Waals surface area (Å²) in [6, 6.07) is 0. The van der Waals surface area contributed by atoms with Gasteiger partial charge in [0, 0.05) is 13.1 Å². The molecule has 3 unspecified atom stereocenters. The molecule has 0 aromatic carbocycles. The minimum Gasteiger partial charge on any atom is -0.393 e. The topological polar surface area (TPSA) is 40.5 Å². The fourth-order valence-electron chi connectivity index (χ4n) is 2.53. The van der Waals surface area contributed by atoms with Crippen LogP contribution in [0.5, 0.6) is 0 Å². The molecule has 12 heavy (non-hydrogen) atoms. The molecule has 1 aliphatic carbocycles. The van der Waals surface area contributed by atoms with Crippen LogP contribution in [0.2, 0.25) is 0 Å². The standard InChI is InChI=1S/C9H15NO2/c11-6-10-4-7-1-2-9(12)3-8(7)5-10/h6-9,12H,1-5H2. The van der Waals surface area contributed by atoms with Crippen LogP contribution in [0.3, 0.4) is 0 Å². The Balaban J connectivity index is 1.97. The van der Waals surface area contributed by atoms with Gasteiger partial charge in [-0.15, -0.1) is 0 Å². The third-order valence-corrected chi connectivity index (χ3v) is 3.20. The van der Waals surface area contributed by atoms with Gasteiger partial charge in [-0.1, -0.05) is 0 Å². The minimum atomic E-state index is -0.113. The second kappa shape index (κ2) is 3.05. The number of hydrogen-bond acceptors (Lipinski definition) is 2. The number of amides is 1. The molecular formula is C9H15NO2. The van der Waals surface area contributed by atoms with E-state index in [-0.39, 0.29) is 6.10 Å². The van der Waals surface area contributed by atoms with E-state index in [1.165, 1.54) is 0 Å². The highest BCUT2D eigenvalue weighted by Crippen LogP contribution is 2.35. The Bertz CT molecular complexity index is 183. The Morgan fingerprint density at radius 1 is 1.25 bits per heavy atom. The summed E-state index contributed by atoms with van der Waals surface area (Å²) in [7, 11) is 0. The summed E-state index contributed by atoms with van der Waals surface area (Å²) in [5.41, 5.74) is 0. The maximum atomic E-state index is 10.5. The number of aliphatic hydroxyl groups excluding tert-OH is 1. The largest absolute Gasteiger partial charge is 0.393 e. The maximum absolute atomic E-state index is 10.5. The molecule has 3 nitrogen and oxygen atoms in total. The highest BCUT2D eigenvalue weighted by atomic mass is 16.3. The Labute approximate surface area is 72.4 Å². The van der Waals surface area contributed by atoms with Crippen LogP contribution in [0.4, 0.5) is 0 Å². The molecule has 0 aromatic heterocycles. The Kier molecular flexibility index (Phi) is 2.05. The van der Waals surface area contributed by atoms with Gasteiger partial charge in [-0.2, -0.15) is 0 Å². The van der Waals surface area contributed by atoms with E-state index < -0.39 is 0 Å². The van der Waals surface area contributed by atoms with Crippen LogP contribution >= 0.6 is 0 Å². The van der Waals surface area contributed by atoms with Gasteiger partial charge in [0.2, 0.25) is 6.41 Å². The van der Waals surface area contributed by atoms with Crippen LogP contribution in [-0.2, 0) is 4.79 Å². The minimum absolute atomic E-state index is 0.113. The van der Waals surface area contributed by atoms with Crippen LogP contribution in [0.1, 0.15) is 19.3 Å². The fraction of sp³-hybridized carbons (Fsp3) is 0.889. The first-order valence-electron chi connectivity index (χ1n) is 4.67. The van der Waals surface area contributed by atoms with Gasteiger partial charge in [0.1, 0.15) is 0 Å². The number of aliphatic hydroxyl groups is 1. The molecule has 2 fully saturated rings. The molecule has 1 N–H and O–H groups in total. The van der Waals surface area contributed by atoms with E-state index in [1.54, 1.807) is 0 Å². The molecular weight excluding hydrogens is 154 g/mol. The van der Waals surface area contributed by atoms with Crippen molar-refractivity contribution in [1.82, 2.24) is 4.90 Å². The zero-order valence-corrected chi connectivity index (χ0v) is 7.15. The van der Waals surface area contributed by atoms with Crippen molar-refractivity contribution in [2.24, 2.45) is 11.8 Å². The average Bonchev–Trinajstić information content (AvgIpc) is 2.46.